The summed E-state index contributed by atoms with van der Waals surface area (Å²) < 4.78 is 1.20. The Morgan fingerprint density at radius 3 is 2.64 bits per heavy atom. The smallest absolute Gasteiger partial charge is 0.0506 e. The van der Waals surface area contributed by atoms with Crippen molar-refractivity contribution in [2.45, 2.75) is 18.4 Å². The number of alkyl halides is 1. The van der Waals surface area contributed by atoms with E-state index in [9.17, 15) is 0 Å². The number of hydrogen-bond acceptors (Lipinski definition) is 2. The van der Waals surface area contributed by atoms with E-state index in [1.54, 1.807) is 0 Å². The van der Waals surface area contributed by atoms with Crippen molar-refractivity contribution in [3.63, 3.8) is 0 Å². The molecule has 2 rings (SSSR count). The summed E-state index contributed by atoms with van der Waals surface area (Å²) >= 11 is 2.47. The molecule has 2 fully saturated rings. The van der Waals surface area contributed by atoms with Gasteiger partial charge in [0, 0.05) is 25.2 Å². The van der Waals surface area contributed by atoms with Crippen LogP contribution in [0.5, 0.6) is 0 Å². The average molecular weight is 266 g/mol. The van der Waals surface area contributed by atoms with Gasteiger partial charge in [0.15, 0.2) is 0 Å². The summed E-state index contributed by atoms with van der Waals surface area (Å²) in [5, 5.41) is 0. The lowest BCUT2D eigenvalue weighted by Crippen LogP contribution is -2.52. The molecule has 0 atom stereocenters. The second-order valence-electron chi connectivity index (χ2n) is 3.82. The van der Waals surface area contributed by atoms with Crippen molar-refractivity contribution in [2.75, 3.05) is 31.2 Å². The van der Waals surface area contributed by atoms with Gasteiger partial charge < -0.3 is 0 Å². The Balaban J connectivity index is 1.98. The maximum atomic E-state index is 2.56. The van der Waals surface area contributed by atoms with Crippen LogP contribution in [0, 0.1) is 0 Å². The molecule has 2 aliphatic rings. The topological polar surface area (TPSA) is 6.48 Å². The largest absolute Gasteiger partial charge is 0.298 e. The Bertz CT molecular complexity index is 156. The molecule has 0 amide bonds. The highest BCUT2D eigenvalue weighted by atomic mass is 127. The average Bonchev–Trinajstić information content (AvgIpc) is 2.77. The third kappa shape index (κ3) is 1.42. The van der Waals surface area contributed by atoms with E-state index in [1.165, 1.54) is 37.0 Å². The van der Waals surface area contributed by atoms with Gasteiger partial charge in [0.05, 0.1) is 4.55 Å². The van der Waals surface area contributed by atoms with Crippen molar-refractivity contribution >= 4 is 22.6 Å². The molecule has 0 unspecified atom stereocenters. The van der Waals surface area contributed by atoms with E-state index >= 15 is 0 Å². The zero-order chi connectivity index (χ0) is 7.90. The Morgan fingerprint density at radius 1 is 1.36 bits per heavy atom. The second kappa shape index (κ2) is 2.85. The predicted molar refractivity (Wildman–Crippen MR) is 55.1 cm³/mol. The molecule has 1 heterocycles. The lowest BCUT2D eigenvalue weighted by atomic mass is 10.1. The van der Waals surface area contributed by atoms with Crippen LogP contribution in [0.2, 0.25) is 0 Å². The third-order valence-electron chi connectivity index (χ3n) is 3.08. The van der Waals surface area contributed by atoms with Crippen LogP contribution in [0.15, 0.2) is 0 Å². The molecule has 3 heteroatoms. The van der Waals surface area contributed by atoms with Gasteiger partial charge in [-0.2, -0.15) is 0 Å². The van der Waals surface area contributed by atoms with Crippen LogP contribution in [0.4, 0.5) is 0 Å². The van der Waals surface area contributed by atoms with E-state index < -0.39 is 0 Å². The van der Waals surface area contributed by atoms with Crippen molar-refractivity contribution in [3.8, 4) is 0 Å². The lowest BCUT2D eigenvalue weighted by Gasteiger charge is -2.39. The van der Waals surface area contributed by atoms with E-state index in [1.807, 2.05) is 0 Å². The number of piperazine rings is 1. The fourth-order valence-corrected chi connectivity index (χ4v) is 2.51. The van der Waals surface area contributed by atoms with E-state index in [0.29, 0.717) is 5.54 Å². The number of hydrogen-bond donors (Lipinski definition) is 0. The first-order chi connectivity index (χ1) is 5.27. The van der Waals surface area contributed by atoms with Crippen LogP contribution in [0.3, 0.4) is 0 Å². The maximum Gasteiger partial charge on any atom is 0.0506 e. The van der Waals surface area contributed by atoms with Gasteiger partial charge in [0.2, 0.25) is 0 Å². The monoisotopic (exact) mass is 266 g/mol. The van der Waals surface area contributed by atoms with Crippen molar-refractivity contribution in [1.29, 1.82) is 0 Å². The highest BCUT2D eigenvalue weighted by Crippen LogP contribution is 2.43. The summed E-state index contributed by atoms with van der Waals surface area (Å²) in [6.45, 7) is 3.84. The molecule has 1 aliphatic heterocycles. The highest BCUT2D eigenvalue weighted by Gasteiger charge is 2.49. The molecule has 1 saturated heterocycles. The fourth-order valence-electron chi connectivity index (χ4n) is 1.93. The van der Waals surface area contributed by atoms with Crippen molar-refractivity contribution < 1.29 is 0 Å². The molecule has 1 spiro atoms. The van der Waals surface area contributed by atoms with Gasteiger partial charge in [-0.15, -0.1) is 0 Å². The molecule has 0 aromatic rings. The van der Waals surface area contributed by atoms with E-state index in [-0.39, 0.29) is 0 Å². The van der Waals surface area contributed by atoms with Crippen LogP contribution >= 0.6 is 22.6 Å². The first-order valence-electron chi connectivity index (χ1n) is 4.26. The molecule has 0 aromatic heterocycles. The summed E-state index contributed by atoms with van der Waals surface area (Å²) in [4.78, 5) is 5.11. The van der Waals surface area contributed by atoms with Crippen LogP contribution < -0.4 is 0 Å². The number of rotatable bonds is 1. The van der Waals surface area contributed by atoms with Gasteiger partial charge in [-0.05, 0) is 19.9 Å². The fraction of sp³-hybridized carbons (Fsp3) is 1.00. The minimum absolute atomic E-state index is 0.615. The summed E-state index contributed by atoms with van der Waals surface area (Å²) in [7, 11) is 2.28. The van der Waals surface area contributed by atoms with Crippen LogP contribution in [-0.2, 0) is 0 Å². The summed E-state index contributed by atoms with van der Waals surface area (Å²) in [5.74, 6) is 0. The number of halogens is 1. The molecule has 1 saturated carbocycles. The van der Waals surface area contributed by atoms with Crippen molar-refractivity contribution in [2.24, 2.45) is 0 Å². The van der Waals surface area contributed by atoms with Crippen LogP contribution in [-0.4, -0.2) is 46.6 Å². The van der Waals surface area contributed by atoms with E-state index in [2.05, 4.69) is 39.4 Å². The number of likely N-dealkylation sites (N-methyl/N-ethyl adjacent to an activating group) is 1. The molecule has 2 nitrogen and oxygen atoms in total. The van der Waals surface area contributed by atoms with E-state index in [4.69, 9.17) is 0 Å². The quantitative estimate of drug-likeness (QED) is 0.399. The Hall–Kier alpha value is 0.650. The third-order valence-corrected chi connectivity index (χ3v) is 4.04. The lowest BCUT2D eigenvalue weighted by molar-refractivity contribution is 0.0963. The molecule has 0 N–H and O–H groups in total. The molecule has 11 heavy (non-hydrogen) atoms. The Labute approximate surface area is 82.1 Å². The van der Waals surface area contributed by atoms with E-state index in [0.717, 1.165) is 0 Å². The van der Waals surface area contributed by atoms with Crippen molar-refractivity contribution in [1.82, 2.24) is 9.80 Å². The standard InChI is InChI=1S/C8H15IN2/c1-10-4-5-11(7-9)6-8(10)2-3-8/h2-7H2,1H3. The summed E-state index contributed by atoms with van der Waals surface area (Å²) in [6.07, 6.45) is 2.85. The summed E-state index contributed by atoms with van der Waals surface area (Å²) in [5.41, 5.74) is 0.615. The summed E-state index contributed by atoms with van der Waals surface area (Å²) in [6, 6.07) is 0. The molecule has 64 valence electrons. The normalized spacial score (nSPS) is 31.1. The molecule has 1 aliphatic carbocycles. The number of nitrogens with zero attached hydrogens (tertiary/aromatic N) is 2. The predicted octanol–water partition coefficient (Wildman–Crippen LogP) is 1.16. The van der Waals surface area contributed by atoms with Gasteiger partial charge in [0.1, 0.15) is 0 Å². The Morgan fingerprint density at radius 2 is 2.09 bits per heavy atom. The highest BCUT2D eigenvalue weighted by molar-refractivity contribution is 14.1. The van der Waals surface area contributed by atoms with Crippen LogP contribution in [0.25, 0.3) is 0 Å². The van der Waals surface area contributed by atoms with Gasteiger partial charge in [-0.25, -0.2) is 0 Å². The zero-order valence-corrected chi connectivity index (χ0v) is 9.17. The molecule has 0 bridgehead atoms. The van der Waals surface area contributed by atoms with Crippen molar-refractivity contribution in [3.05, 3.63) is 0 Å². The first-order valence-corrected chi connectivity index (χ1v) is 5.79. The molecular weight excluding hydrogens is 251 g/mol. The second-order valence-corrected chi connectivity index (χ2v) is 4.50. The van der Waals surface area contributed by atoms with Gasteiger partial charge in [-0.3, -0.25) is 9.80 Å². The SMILES string of the molecule is CN1CCN(CI)CC12CC2. The minimum atomic E-state index is 0.615. The Kier molecular flexibility index (Phi) is 2.14. The zero-order valence-electron chi connectivity index (χ0n) is 7.02. The minimum Gasteiger partial charge on any atom is -0.298 e. The van der Waals surface area contributed by atoms with Gasteiger partial charge in [0.25, 0.3) is 0 Å². The van der Waals surface area contributed by atoms with Gasteiger partial charge in [-0.1, -0.05) is 22.6 Å². The maximum absolute atomic E-state index is 2.56. The molecular formula is C8H15IN2. The van der Waals surface area contributed by atoms with Crippen LogP contribution in [0.1, 0.15) is 12.8 Å². The first kappa shape index (κ1) is 8.26. The van der Waals surface area contributed by atoms with Gasteiger partial charge >= 0.3 is 0 Å². The molecule has 0 aromatic carbocycles. The molecule has 0 radical (unpaired) electrons.